The third kappa shape index (κ3) is 4.92. The lowest BCUT2D eigenvalue weighted by Crippen LogP contribution is -2.35. The molecule has 1 N–H and O–H groups in total. The van der Waals surface area contributed by atoms with Crippen LogP contribution in [0.3, 0.4) is 0 Å². The van der Waals surface area contributed by atoms with Gasteiger partial charge in [0.2, 0.25) is 0 Å². The molecule has 41 heavy (non-hydrogen) atoms. The monoisotopic (exact) mass is 552 g/mol. The molecule has 7 heteroatoms. The largest absolute Gasteiger partial charge is 0.505 e. The van der Waals surface area contributed by atoms with E-state index in [1.165, 1.54) is 9.70 Å². The summed E-state index contributed by atoms with van der Waals surface area (Å²) in [5.74, 6) is -0.547. The van der Waals surface area contributed by atoms with Crippen LogP contribution in [-0.2, 0) is 10.8 Å². The second-order valence-electron chi connectivity index (χ2n) is 14.0. The van der Waals surface area contributed by atoms with Crippen molar-refractivity contribution >= 4 is 22.8 Å². The number of aromatic nitrogens is 3. The van der Waals surface area contributed by atoms with Crippen molar-refractivity contribution in [2.24, 2.45) is 5.41 Å². The van der Waals surface area contributed by atoms with Crippen LogP contribution in [-0.4, -0.2) is 42.9 Å². The van der Waals surface area contributed by atoms with Crippen LogP contribution >= 0.6 is 0 Å². The summed E-state index contributed by atoms with van der Waals surface area (Å²) in [6, 6.07) is 17.3. The first-order chi connectivity index (χ1) is 19.0. The van der Waals surface area contributed by atoms with Crippen LogP contribution in [0.5, 0.6) is 5.75 Å². The zero-order valence-corrected chi connectivity index (χ0v) is 25.5. The number of carbonyl (C=O) groups excluding carboxylic acids is 2. The molecule has 1 aliphatic heterocycles. The van der Waals surface area contributed by atoms with Crippen molar-refractivity contribution in [3.63, 3.8) is 0 Å². The molecule has 0 atom stereocenters. The van der Waals surface area contributed by atoms with Crippen molar-refractivity contribution in [2.75, 3.05) is 0 Å². The fourth-order valence-corrected chi connectivity index (χ4v) is 6.32. The molecule has 0 aliphatic carbocycles. The van der Waals surface area contributed by atoms with Gasteiger partial charge in [0.25, 0.3) is 11.8 Å². The molecule has 0 saturated heterocycles. The molecule has 1 aromatic heterocycles. The zero-order chi connectivity index (χ0) is 30.1. The van der Waals surface area contributed by atoms with E-state index in [4.69, 9.17) is 10.2 Å². The van der Waals surface area contributed by atoms with Crippen molar-refractivity contribution in [3.8, 4) is 11.4 Å². The quantitative estimate of drug-likeness (QED) is 0.256. The van der Waals surface area contributed by atoms with E-state index in [0.717, 1.165) is 23.1 Å². The van der Waals surface area contributed by atoms with Crippen molar-refractivity contribution in [1.29, 1.82) is 0 Å². The van der Waals surface area contributed by atoms with Gasteiger partial charge in [-0.1, -0.05) is 84.9 Å². The number of amides is 2. The minimum absolute atomic E-state index is 0.0821. The van der Waals surface area contributed by atoms with Gasteiger partial charge < -0.3 is 5.11 Å². The number of hydrogen-bond donors (Lipinski definition) is 1. The zero-order valence-electron chi connectivity index (χ0n) is 25.5. The highest BCUT2D eigenvalue weighted by molar-refractivity contribution is 6.23. The van der Waals surface area contributed by atoms with Gasteiger partial charge in [-0.15, -0.1) is 15.0 Å². The van der Waals surface area contributed by atoms with Crippen molar-refractivity contribution < 1.29 is 14.7 Å². The first-order valence-electron chi connectivity index (χ1n) is 14.2. The lowest BCUT2D eigenvalue weighted by atomic mass is 9.70. The van der Waals surface area contributed by atoms with E-state index >= 15 is 0 Å². The highest BCUT2D eigenvalue weighted by Gasteiger charge is 2.38. The maximum Gasteiger partial charge on any atom is 0.261 e. The Bertz CT molecular complexity index is 1620. The topological polar surface area (TPSA) is 88.3 Å². The van der Waals surface area contributed by atoms with E-state index in [9.17, 15) is 14.7 Å². The van der Waals surface area contributed by atoms with Gasteiger partial charge in [-0.25, -0.2) is 0 Å². The number of hydrogen-bond acceptors (Lipinski definition) is 5. The van der Waals surface area contributed by atoms with E-state index in [2.05, 4.69) is 66.7 Å². The average Bonchev–Trinajstić information content (AvgIpc) is 3.39. The Kier molecular flexibility index (Phi) is 6.64. The third-order valence-electron chi connectivity index (χ3n) is 8.16. The Morgan fingerprint density at radius 1 is 0.780 bits per heavy atom. The fourth-order valence-electron chi connectivity index (χ4n) is 6.32. The first kappa shape index (κ1) is 28.5. The highest BCUT2D eigenvalue weighted by atomic mass is 16.3. The summed E-state index contributed by atoms with van der Waals surface area (Å²) < 4.78 is 0. The SMILES string of the molecule is CC(C)N1C(=O)c2cc3nn(-c4cc(C(C)(C)CC(C)(C)C)cc(C(C)(C)c5ccccc5)c4O)nc3cc2C1=O. The number of aromatic hydroxyl groups is 1. The predicted molar refractivity (Wildman–Crippen MR) is 162 cm³/mol. The van der Waals surface area contributed by atoms with Gasteiger partial charge in [0.15, 0.2) is 0 Å². The smallest absolute Gasteiger partial charge is 0.261 e. The first-order valence-corrected chi connectivity index (χ1v) is 14.2. The average molecular weight is 553 g/mol. The van der Waals surface area contributed by atoms with Gasteiger partial charge in [0, 0.05) is 17.0 Å². The third-order valence-corrected chi connectivity index (χ3v) is 8.16. The number of rotatable bonds is 6. The maximum atomic E-state index is 13.0. The number of phenols is 1. The normalized spacial score (nSPS) is 14.4. The molecule has 0 unspecified atom stereocenters. The molecule has 7 nitrogen and oxygen atoms in total. The van der Waals surface area contributed by atoms with Crippen molar-refractivity contribution in [2.45, 2.75) is 85.6 Å². The van der Waals surface area contributed by atoms with Crippen molar-refractivity contribution in [1.82, 2.24) is 19.9 Å². The second-order valence-corrected chi connectivity index (χ2v) is 14.0. The van der Waals surface area contributed by atoms with Gasteiger partial charge in [-0.2, -0.15) is 0 Å². The van der Waals surface area contributed by atoms with Crippen LogP contribution in [0.15, 0.2) is 54.6 Å². The molecule has 3 aromatic carbocycles. The Morgan fingerprint density at radius 2 is 1.32 bits per heavy atom. The fraction of sp³-hybridized carbons (Fsp3) is 0.412. The lowest BCUT2D eigenvalue weighted by molar-refractivity contribution is 0.0609. The number of carbonyl (C=O) groups is 2. The van der Waals surface area contributed by atoms with Crippen LogP contribution in [0.1, 0.15) is 106 Å². The van der Waals surface area contributed by atoms with Crippen molar-refractivity contribution in [3.05, 3.63) is 82.4 Å². The summed E-state index contributed by atoms with van der Waals surface area (Å²) in [5.41, 5.74) is 4.37. The lowest BCUT2D eigenvalue weighted by Gasteiger charge is -2.35. The van der Waals surface area contributed by atoms with Gasteiger partial charge >= 0.3 is 0 Å². The molecule has 2 heterocycles. The van der Waals surface area contributed by atoms with E-state index in [1.807, 2.05) is 38.1 Å². The summed E-state index contributed by atoms with van der Waals surface area (Å²) in [6.07, 6.45) is 0.924. The molecule has 0 saturated carbocycles. The number of benzene rings is 3. The minimum Gasteiger partial charge on any atom is -0.505 e. The van der Waals surface area contributed by atoms with E-state index in [-0.39, 0.29) is 34.4 Å². The molecule has 5 rings (SSSR count). The molecule has 214 valence electrons. The molecular weight excluding hydrogens is 512 g/mol. The van der Waals surface area contributed by atoms with Crippen LogP contribution in [0.2, 0.25) is 0 Å². The van der Waals surface area contributed by atoms with Gasteiger partial charge in [0.1, 0.15) is 22.5 Å². The number of phenolic OH excluding ortho intramolecular Hbond substituents is 1. The van der Waals surface area contributed by atoms with Crippen LogP contribution in [0.25, 0.3) is 16.7 Å². The van der Waals surface area contributed by atoms with E-state index in [0.29, 0.717) is 27.8 Å². The summed E-state index contributed by atoms with van der Waals surface area (Å²) in [4.78, 5) is 28.7. The Balaban J connectivity index is 1.71. The summed E-state index contributed by atoms with van der Waals surface area (Å²) in [5, 5.41) is 21.2. The summed E-state index contributed by atoms with van der Waals surface area (Å²) in [6.45, 7) is 19.0. The van der Waals surface area contributed by atoms with Crippen LogP contribution in [0, 0.1) is 5.41 Å². The number of imide groups is 1. The van der Waals surface area contributed by atoms with Gasteiger partial charge in [-0.05, 0) is 60.4 Å². The van der Waals surface area contributed by atoms with Crippen LogP contribution in [0.4, 0.5) is 0 Å². The van der Waals surface area contributed by atoms with E-state index in [1.54, 1.807) is 12.1 Å². The Hall–Kier alpha value is -4.00. The Morgan fingerprint density at radius 3 is 1.80 bits per heavy atom. The van der Waals surface area contributed by atoms with Crippen LogP contribution < -0.4 is 0 Å². The summed E-state index contributed by atoms with van der Waals surface area (Å²) in [7, 11) is 0. The van der Waals surface area contributed by atoms with Gasteiger partial charge in [0.05, 0.1) is 11.1 Å². The predicted octanol–water partition coefficient (Wildman–Crippen LogP) is 7.17. The summed E-state index contributed by atoms with van der Waals surface area (Å²) >= 11 is 0. The molecule has 0 spiro atoms. The molecule has 0 fully saturated rings. The minimum atomic E-state index is -0.513. The standard InChI is InChI=1S/C34H40N4O3/c1-20(2)37-30(40)23-17-26-27(18-24(23)31(37)41)36-38(35-26)28-16-22(33(6,7)19-32(3,4)5)15-25(29(28)39)34(8,9)21-13-11-10-12-14-21/h10-18,20,39H,19H2,1-9H3. The molecule has 2 amide bonds. The van der Waals surface area contributed by atoms with Gasteiger partial charge in [-0.3, -0.25) is 14.5 Å². The molecule has 4 aromatic rings. The molecular formula is C34H40N4O3. The maximum absolute atomic E-state index is 13.0. The number of nitrogens with zero attached hydrogens (tertiary/aromatic N) is 4. The molecule has 0 radical (unpaired) electrons. The van der Waals surface area contributed by atoms with E-state index < -0.39 is 5.41 Å². The molecule has 0 bridgehead atoms. The molecule has 1 aliphatic rings. The second kappa shape index (κ2) is 9.54. The number of fused-ring (bicyclic) bond motifs is 2. The Labute approximate surface area is 242 Å². The highest BCUT2D eigenvalue weighted by Crippen LogP contribution is 2.45.